The molecule has 9 heavy (non-hydrogen) atoms. The highest BCUT2D eigenvalue weighted by molar-refractivity contribution is 4.66. The van der Waals surface area contributed by atoms with Gasteiger partial charge in [-0.05, 0) is 27.7 Å². The molecule has 1 unspecified atom stereocenters. The number of rotatable bonds is 1. The lowest BCUT2D eigenvalue weighted by molar-refractivity contribution is 0.191. The Hall–Kier alpha value is -0.440. The lowest BCUT2D eigenvalue weighted by Gasteiger charge is -2.09. The highest BCUT2D eigenvalue weighted by Crippen LogP contribution is 2.06. The fourth-order valence-electron chi connectivity index (χ4n) is 0.257. The van der Waals surface area contributed by atoms with Crippen molar-refractivity contribution in [2.24, 2.45) is 10.2 Å². The second kappa shape index (κ2) is 2.92. The van der Waals surface area contributed by atoms with Crippen LogP contribution in [-0.4, -0.2) is 16.9 Å². The Morgan fingerprint density at radius 3 is 1.89 bits per heavy atom. The van der Waals surface area contributed by atoms with E-state index in [4.69, 9.17) is 5.11 Å². The van der Waals surface area contributed by atoms with Gasteiger partial charge >= 0.3 is 0 Å². The summed E-state index contributed by atoms with van der Waals surface area (Å²) in [6.45, 7) is 7.37. The summed E-state index contributed by atoms with van der Waals surface area (Å²) in [5, 5.41) is 16.1. The molecule has 0 saturated carbocycles. The van der Waals surface area contributed by atoms with Gasteiger partial charge in [0.15, 0.2) is 6.23 Å². The first-order chi connectivity index (χ1) is 3.92. The van der Waals surface area contributed by atoms with Crippen LogP contribution < -0.4 is 0 Å². The molecular weight excluding hydrogens is 116 g/mol. The number of nitrogens with zero attached hydrogens (tertiary/aromatic N) is 2. The molecular formula is C6H14N2O. The largest absolute Gasteiger partial charge is 0.370 e. The highest BCUT2D eigenvalue weighted by Gasteiger charge is 2.06. The molecule has 3 heteroatoms. The van der Waals surface area contributed by atoms with Crippen molar-refractivity contribution in [1.29, 1.82) is 0 Å². The lowest BCUT2D eigenvalue weighted by Crippen LogP contribution is -2.09. The normalized spacial score (nSPS) is 16.6. The van der Waals surface area contributed by atoms with Gasteiger partial charge in [0.25, 0.3) is 0 Å². The fraction of sp³-hybridized carbons (Fsp3) is 1.00. The highest BCUT2D eigenvalue weighted by atomic mass is 16.3. The second-order valence-corrected chi connectivity index (χ2v) is 3.02. The number of azo groups is 1. The first kappa shape index (κ1) is 8.56. The van der Waals surface area contributed by atoms with Crippen LogP contribution in [0.1, 0.15) is 27.7 Å². The van der Waals surface area contributed by atoms with Crippen LogP contribution >= 0.6 is 0 Å². The van der Waals surface area contributed by atoms with E-state index >= 15 is 0 Å². The summed E-state index contributed by atoms with van der Waals surface area (Å²) in [7, 11) is 0. The molecule has 0 amide bonds. The van der Waals surface area contributed by atoms with E-state index in [1.807, 2.05) is 20.8 Å². The van der Waals surface area contributed by atoms with Gasteiger partial charge in [-0.15, -0.1) is 0 Å². The summed E-state index contributed by atoms with van der Waals surface area (Å²) in [5.41, 5.74) is -0.170. The molecule has 0 aromatic rings. The van der Waals surface area contributed by atoms with E-state index in [9.17, 15) is 0 Å². The van der Waals surface area contributed by atoms with E-state index in [-0.39, 0.29) is 5.54 Å². The van der Waals surface area contributed by atoms with E-state index in [1.54, 1.807) is 6.92 Å². The lowest BCUT2D eigenvalue weighted by atomic mass is 10.1. The van der Waals surface area contributed by atoms with Crippen molar-refractivity contribution in [2.75, 3.05) is 0 Å². The number of hydrogen-bond donors (Lipinski definition) is 1. The van der Waals surface area contributed by atoms with Crippen LogP contribution in [0.25, 0.3) is 0 Å². The van der Waals surface area contributed by atoms with Crippen LogP contribution in [-0.2, 0) is 0 Å². The molecule has 1 atom stereocenters. The van der Waals surface area contributed by atoms with Crippen LogP contribution in [0, 0.1) is 0 Å². The van der Waals surface area contributed by atoms with Gasteiger partial charge in [-0.2, -0.15) is 10.2 Å². The first-order valence-corrected chi connectivity index (χ1v) is 3.02. The smallest absolute Gasteiger partial charge is 0.162 e. The average molecular weight is 130 g/mol. The molecule has 0 aliphatic heterocycles. The van der Waals surface area contributed by atoms with Crippen molar-refractivity contribution < 1.29 is 5.11 Å². The maximum Gasteiger partial charge on any atom is 0.162 e. The maximum atomic E-state index is 8.66. The molecule has 0 fully saturated rings. The summed E-state index contributed by atoms with van der Waals surface area (Å²) in [4.78, 5) is 0. The monoisotopic (exact) mass is 130 g/mol. The van der Waals surface area contributed by atoms with Gasteiger partial charge in [-0.3, -0.25) is 0 Å². The summed E-state index contributed by atoms with van der Waals surface area (Å²) in [6.07, 6.45) is -0.677. The van der Waals surface area contributed by atoms with Gasteiger partial charge in [0.05, 0.1) is 5.54 Å². The number of aliphatic hydroxyl groups excluding tert-OH is 1. The van der Waals surface area contributed by atoms with Gasteiger partial charge < -0.3 is 5.11 Å². The zero-order valence-corrected chi connectivity index (χ0v) is 6.42. The Balaban J connectivity index is 3.71. The maximum absolute atomic E-state index is 8.66. The molecule has 0 aromatic heterocycles. The molecule has 0 rings (SSSR count). The molecule has 54 valence electrons. The molecule has 0 radical (unpaired) electrons. The third kappa shape index (κ3) is 7.56. The molecule has 0 aliphatic rings. The van der Waals surface area contributed by atoms with Crippen molar-refractivity contribution in [3.8, 4) is 0 Å². The zero-order valence-electron chi connectivity index (χ0n) is 6.42. The zero-order chi connectivity index (χ0) is 7.49. The molecule has 0 aliphatic carbocycles. The summed E-state index contributed by atoms with van der Waals surface area (Å²) >= 11 is 0. The van der Waals surface area contributed by atoms with Gasteiger partial charge in [-0.1, -0.05) is 0 Å². The molecule has 0 spiro atoms. The molecule has 0 bridgehead atoms. The molecule has 0 heterocycles. The van der Waals surface area contributed by atoms with Crippen molar-refractivity contribution in [2.45, 2.75) is 39.5 Å². The summed E-state index contributed by atoms with van der Waals surface area (Å²) in [6, 6.07) is 0. The van der Waals surface area contributed by atoms with Crippen LogP contribution in [0.5, 0.6) is 0 Å². The van der Waals surface area contributed by atoms with E-state index in [0.717, 1.165) is 0 Å². The van der Waals surface area contributed by atoms with Gasteiger partial charge in [-0.25, -0.2) is 0 Å². The Kier molecular flexibility index (Phi) is 2.77. The van der Waals surface area contributed by atoms with Crippen molar-refractivity contribution >= 4 is 0 Å². The predicted octanol–water partition coefficient (Wildman–Crippen LogP) is 1.58. The van der Waals surface area contributed by atoms with E-state index in [0.29, 0.717) is 0 Å². The van der Waals surface area contributed by atoms with Gasteiger partial charge in [0.2, 0.25) is 0 Å². The summed E-state index contributed by atoms with van der Waals surface area (Å²) < 4.78 is 0. The average Bonchev–Trinajstić information content (AvgIpc) is 1.59. The quantitative estimate of drug-likeness (QED) is 0.538. The standard InChI is InChI=1S/C6H14N2O/c1-5(9)7-8-6(2,3)4/h5,9H,1-4H3. The topological polar surface area (TPSA) is 45.0 Å². The van der Waals surface area contributed by atoms with Gasteiger partial charge in [0, 0.05) is 0 Å². The van der Waals surface area contributed by atoms with Crippen LogP contribution in [0.15, 0.2) is 10.2 Å². The molecule has 3 nitrogen and oxygen atoms in total. The Morgan fingerprint density at radius 2 is 1.78 bits per heavy atom. The molecule has 0 saturated heterocycles. The minimum Gasteiger partial charge on any atom is -0.370 e. The third-order valence-corrected chi connectivity index (χ3v) is 0.525. The van der Waals surface area contributed by atoms with Gasteiger partial charge in [0.1, 0.15) is 0 Å². The SMILES string of the molecule is CC(O)N=NC(C)(C)C. The second-order valence-electron chi connectivity index (χ2n) is 3.02. The van der Waals surface area contributed by atoms with Crippen LogP contribution in [0.2, 0.25) is 0 Å². The van der Waals surface area contributed by atoms with Crippen molar-refractivity contribution in [3.05, 3.63) is 0 Å². The Labute approximate surface area is 55.8 Å². The first-order valence-electron chi connectivity index (χ1n) is 3.02. The van der Waals surface area contributed by atoms with E-state index in [1.165, 1.54) is 0 Å². The minimum absolute atomic E-state index is 0.170. The summed E-state index contributed by atoms with van der Waals surface area (Å²) in [5.74, 6) is 0. The number of hydrogen-bond acceptors (Lipinski definition) is 3. The van der Waals surface area contributed by atoms with E-state index in [2.05, 4.69) is 10.2 Å². The van der Waals surface area contributed by atoms with Crippen molar-refractivity contribution in [1.82, 2.24) is 0 Å². The van der Waals surface area contributed by atoms with Crippen LogP contribution in [0.3, 0.4) is 0 Å². The fourth-order valence-corrected chi connectivity index (χ4v) is 0.257. The minimum atomic E-state index is -0.677. The Morgan fingerprint density at radius 1 is 1.33 bits per heavy atom. The predicted molar refractivity (Wildman–Crippen MR) is 36.3 cm³/mol. The van der Waals surface area contributed by atoms with Crippen LogP contribution in [0.4, 0.5) is 0 Å². The van der Waals surface area contributed by atoms with Crippen molar-refractivity contribution in [3.63, 3.8) is 0 Å². The number of aliphatic hydroxyl groups is 1. The molecule has 0 aromatic carbocycles. The molecule has 1 N–H and O–H groups in total. The Bertz CT molecular complexity index is 102. The van der Waals surface area contributed by atoms with E-state index < -0.39 is 6.23 Å². The third-order valence-electron chi connectivity index (χ3n) is 0.525.